The Morgan fingerprint density at radius 1 is 1.33 bits per heavy atom. The molecule has 3 nitrogen and oxygen atoms in total. The lowest BCUT2D eigenvalue weighted by Gasteiger charge is -2.11. The van der Waals surface area contributed by atoms with E-state index in [2.05, 4.69) is 61.0 Å². The van der Waals surface area contributed by atoms with Crippen LogP contribution in [0.15, 0.2) is 27.4 Å². The topological polar surface area (TPSA) is 37.8 Å². The van der Waals surface area contributed by atoms with Gasteiger partial charge in [0.1, 0.15) is 5.01 Å². The Bertz CT molecular complexity index is 542. The number of nitrogens with zero attached hydrogens (tertiary/aromatic N) is 2. The molecule has 6 heteroatoms. The van der Waals surface area contributed by atoms with Gasteiger partial charge in [0, 0.05) is 32.8 Å². The van der Waals surface area contributed by atoms with E-state index in [0.717, 1.165) is 19.6 Å². The zero-order valence-electron chi connectivity index (χ0n) is 10.1. The van der Waals surface area contributed by atoms with Crippen molar-refractivity contribution in [1.29, 1.82) is 0 Å². The Morgan fingerprint density at radius 3 is 2.72 bits per heavy atom. The average molecular weight is 391 g/mol. The summed E-state index contributed by atoms with van der Waals surface area (Å²) in [5.74, 6) is 0. The Morgan fingerprint density at radius 2 is 2.11 bits per heavy atom. The molecule has 1 atom stereocenters. The lowest BCUT2D eigenvalue weighted by atomic mass is 10.3. The van der Waals surface area contributed by atoms with E-state index in [-0.39, 0.29) is 6.04 Å². The fourth-order valence-electron chi connectivity index (χ4n) is 1.48. The highest BCUT2D eigenvalue weighted by molar-refractivity contribution is 9.11. The van der Waals surface area contributed by atoms with Crippen LogP contribution >= 0.6 is 43.2 Å². The van der Waals surface area contributed by atoms with Gasteiger partial charge in [-0.1, -0.05) is 0 Å². The van der Waals surface area contributed by atoms with Crippen molar-refractivity contribution in [3.8, 4) is 0 Å². The van der Waals surface area contributed by atoms with Gasteiger partial charge in [0.15, 0.2) is 0 Å². The van der Waals surface area contributed by atoms with E-state index in [0.29, 0.717) is 6.54 Å². The summed E-state index contributed by atoms with van der Waals surface area (Å²) in [5.41, 5.74) is 0.998. The Labute approximate surface area is 127 Å². The first-order valence-corrected chi connectivity index (χ1v) is 7.92. The molecule has 0 bridgehead atoms. The van der Waals surface area contributed by atoms with E-state index in [4.69, 9.17) is 0 Å². The molecule has 1 unspecified atom stereocenters. The van der Waals surface area contributed by atoms with E-state index in [1.165, 1.54) is 4.88 Å². The number of aromatic nitrogens is 2. The van der Waals surface area contributed by atoms with Gasteiger partial charge in [-0.15, -0.1) is 11.3 Å². The normalized spacial score (nSPS) is 12.7. The molecule has 96 valence electrons. The molecule has 2 aromatic rings. The number of halogens is 2. The molecule has 0 saturated carbocycles. The maximum atomic E-state index is 4.38. The van der Waals surface area contributed by atoms with Crippen molar-refractivity contribution >= 4 is 43.2 Å². The Balaban J connectivity index is 1.99. The number of pyridine rings is 1. The third kappa shape index (κ3) is 3.60. The van der Waals surface area contributed by atoms with Crippen LogP contribution in [0.3, 0.4) is 0 Å². The predicted octanol–water partition coefficient (Wildman–Crippen LogP) is 4.22. The second-order valence-corrected chi connectivity index (χ2v) is 7.03. The molecular formula is C12H13Br2N3S. The maximum Gasteiger partial charge on any atom is 0.109 e. The van der Waals surface area contributed by atoms with Crippen molar-refractivity contribution in [3.05, 3.63) is 43.0 Å². The molecule has 2 aromatic heterocycles. The first kappa shape index (κ1) is 14.1. The standard InChI is InChI=1S/C12H13Br2N3S/c1-7-4-17-12(18-7)8(2)15-6-11-10(14)3-9(13)5-16-11/h3-5,8,15H,6H2,1-2H3. The smallest absolute Gasteiger partial charge is 0.109 e. The van der Waals surface area contributed by atoms with Crippen LogP contribution < -0.4 is 5.32 Å². The second kappa shape index (κ2) is 6.23. The number of nitrogens with one attached hydrogen (secondary N) is 1. The summed E-state index contributed by atoms with van der Waals surface area (Å²) < 4.78 is 1.98. The van der Waals surface area contributed by atoms with Crippen molar-refractivity contribution < 1.29 is 0 Å². The van der Waals surface area contributed by atoms with Gasteiger partial charge in [-0.05, 0) is 51.8 Å². The highest BCUT2D eigenvalue weighted by Crippen LogP contribution is 2.22. The minimum absolute atomic E-state index is 0.237. The molecule has 2 heterocycles. The molecule has 0 radical (unpaired) electrons. The number of hydrogen-bond acceptors (Lipinski definition) is 4. The molecule has 0 aliphatic rings. The molecule has 0 aromatic carbocycles. The summed E-state index contributed by atoms with van der Waals surface area (Å²) in [6.45, 7) is 4.90. The van der Waals surface area contributed by atoms with Crippen molar-refractivity contribution in [2.24, 2.45) is 0 Å². The van der Waals surface area contributed by atoms with Crippen LogP contribution in [0.5, 0.6) is 0 Å². The van der Waals surface area contributed by atoms with E-state index < -0.39 is 0 Å². The van der Waals surface area contributed by atoms with Gasteiger partial charge in [0.25, 0.3) is 0 Å². The van der Waals surface area contributed by atoms with Crippen LogP contribution in [0.4, 0.5) is 0 Å². The second-order valence-electron chi connectivity index (χ2n) is 3.99. The van der Waals surface area contributed by atoms with Gasteiger partial charge in [-0.25, -0.2) is 4.98 Å². The minimum atomic E-state index is 0.237. The lowest BCUT2D eigenvalue weighted by molar-refractivity contribution is 0.564. The average Bonchev–Trinajstić information content (AvgIpc) is 2.74. The first-order chi connectivity index (χ1) is 8.56. The van der Waals surface area contributed by atoms with E-state index in [9.17, 15) is 0 Å². The molecule has 0 fully saturated rings. The van der Waals surface area contributed by atoms with Gasteiger partial charge >= 0.3 is 0 Å². The minimum Gasteiger partial charge on any atom is -0.302 e. The van der Waals surface area contributed by atoms with Crippen LogP contribution in [-0.4, -0.2) is 9.97 Å². The van der Waals surface area contributed by atoms with Crippen LogP contribution in [-0.2, 0) is 6.54 Å². The predicted molar refractivity (Wildman–Crippen MR) is 81.7 cm³/mol. The van der Waals surface area contributed by atoms with Crippen molar-refractivity contribution in [2.75, 3.05) is 0 Å². The summed E-state index contributed by atoms with van der Waals surface area (Å²) in [6.07, 6.45) is 3.71. The van der Waals surface area contributed by atoms with Gasteiger partial charge in [0.2, 0.25) is 0 Å². The Hall–Kier alpha value is -0.300. The van der Waals surface area contributed by atoms with Crippen LogP contribution in [0, 0.1) is 6.92 Å². The third-order valence-electron chi connectivity index (χ3n) is 2.47. The van der Waals surface area contributed by atoms with E-state index >= 15 is 0 Å². The van der Waals surface area contributed by atoms with Crippen molar-refractivity contribution in [2.45, 2.75) is 26.4 Å². The third-order valence-corrected chi connectivity index (χ3v) is 4.69. The lowest BCUT2D eigenvalue weighted by Crippen LogP contribution is -2.18. The first-order valence-electron chi connectivity index (χ1n) is 5.52. The summed E-state index contributed by atoms with van der Waals surface area (Å²) in [5, 5.41) is 4.54. The molecule has 0 aliphatic heterocycles. The van der Waals surface area contributed by atoms with Crippen LogP contribution in [0.2, 0.25) is 0 Å². The molecule has 18 heavy (non-hydrogen) atoms. The quantitative estimate of drug-likeness (QED) is 0.848. The molecule has 0 amide bonds. The highest BCUT2D eigenvalue weighted by Gasteiger charge is 2.10. The van der Waals surface area contributed by atoms with Gasteiger partial charge in [0.05, 0.1) is 11.7 Å². The fourth-order valence-corrected chi connectivity index (χ4v) is 3.41. The zero-order chi connectivity index (χ0) is 13.1. The summed E-state index contributed by atoms with van der Waals surface area (Å²) in [7, 11) is 0. The summed E-state index contributed by atoms with van der Waals surface area (Å²) in [6, 6.07) is 2.24. The molecule has 1 N–H and O–H groups in total. The van der Waals surface area contributed by atoms with Crippen molar-refractivity contribution in [1.82, 2.24) is 15.3 Å². The number of thiazole rings is 1. The number of rotatable bonds is 4. The number of aryl methyl sites for hydroxylation is 1. The molecule has 0 spiro atoms. The maximum absolute atomic E-state index is 4.38. The van der Waals surface area contributed by atoms with Gasteiger partial charge in [-0.2, -0.15) is 0 Å². The highest BCUT2D eigenvalue weighted by atomic mass is 79.9. The molecule has 0 saturated heterocycles. The van der Waals surface area contributed by atoms with Crippen molar-refractivity contribution in [3.63, 3.8) is 0 Å². The monoisotopic (exact) mass is 389 g/mol. The molecular weight excluding hydrogens is 378 g/mol. The largest absolute Gasteiger partial charge is 0.302 e. The van der Waals surface area contributed by atoms with Gasteiger partial charge < -0.3 is 5.32 Å². The SMILES string of the molecule is Cc1cnc(C(C)NCc2ncc(Br)cc2Br)s1. The van der Waals surface area contributed by atoms with Crippen LogP contribution in [0.1, 0.15) is 28.5 Å². The zero-order valence-corrected chi connectivity index (χ0v) is 14.1. The number of hydrogen-bond donors (Lipinski definition) is 1. The Kier molecular flexibility index (Phi) is 4.89. The van der Waals surface area contributed by atoms with Crippen LogP contribution in [0.25, 0.3) is 0 Å². The van der Waals surface area contributed by atoms with E-state index in [1.807, 2.05) is 12.3 Å². The van der Waals surface area contributed by atoms with Gasteiger partial charge in [-0.3, -0.25) is 4.98 Å². The molecule has 0 aliphatic carbocycles. The molecule has 2 rings (SSSR count). The fraction of sp³-hybridized carbons (Fsp3) is 0.333. The van der Waals surface area contributed by atoms with E-state index in [1.54, 1.807) is 17.5 Å². The summed E-state index contributed by atoms with van der Waals surface area (Å²) >= 11 is 8.63. The summed E-state index contributed by atoms with van der Waals surface area (Å²) in [4.78, 5) is 9.99.